The number of anilines is 2. The first-order chi connectivity index (χ1) is 10.0. The van der Waals surface area contributed by atoms with E-state index in [0.717, 1.165) is 0 Å². The number of benzene rings is 1. The van der Waals surface area contributed by atoms with Gasteiger partial charge in [-0.25, -0.2) is 10.8 Å². The Morgan fingerprint density at radius 1 is 1.33 bits per heavy atom. The van der Waals surface area contributed by atoms with E-state index < -0.39 is 0 Å². The molecule has 6 nitrogen and oxygen atoms in total. The zero-order chi connectivity index (χ0) is 15.4. The monoisotopic (exact) mass is 306 g/mol. The van der Waals surface area contributed by atoms with E-state index in [-0.39, 0.29) is 5.91 Å². The molecule has 0 aliphatic carbocycles. The lowest BCUT2D eigenvalue weighted by atomic mass is 10.2. The first-order valence-corrected chi connectivity index (χ1v) is 6.51. The predicted molar refractivity (Wildman–Crippen MR) is 82.7 cm³/mol. The van der Waals surface area contributed by atoms with Crippen molar-refractivity contribution >= 4 is 29.0 Å². The number of amides is 1. The molecule has 7 heteroatoms. The number of methoxy groups -OCH3 is 1. The minimum atomic E-state index is -0.313. The molecular weight excluding hydrogens is 292 g/mol. The number of nitrogens with one attached hydrogen (secondary N) is 2. The summed E-state index contributed by atoms with van der Waals surface area (Å²) in [6.45, 7) is 1.77. The highest BCUT2D eigenvalue weighted by molar-refractivity contribution is 6.34. The number of hydrazine groups is 1. The van der Waals surface area contributed by atoms with E-state index in [2.05, 4.69) is 15.7 Å². The average Bonchev–Trinajstić information content (AvgIpc) is 2.48. The third-order valence-corrected chi connectivity index (χ3v) is 3.11. The summed E-state index contributed by atoms with van der Waals surface area (Å²) >= 11 is 6.06. The molecule has 0 radical (unpaired) electrons. The van der Waals surface area contributed by atoms with Gasteiger partial charge in [-0.1, -0.05) is 11.6 Å². The molecule has 0 saturated carbocycles. The van der Waals surface area contributed by atoms with Gasteiger partial charge in [0.25, 0.3) is 5.91 Å². The summed E-state index contributed by atoms with van der Waals surface area (Å²) in [6, 6.07) is 8.22. The lowest BCUT2D eigenvalue weighted by Crippen LogP contribution is -2.15. The summed E-state index contributed by atoms with van der Waals surface area (Å²) in [5, 5.41) is 3.16. The second-order valence-corrected chi connectivity index (χ2v) is 4.73. The second kappa shape index (κ2) is 6.43. The van der Waals surface area contributed by atoms with E-state index in [1.165, 1.54) is 0 Å². The molecule has 0 aliphatic rings. The number of nitrogens with zero attached hydrogens (tertiary/aromatic N) is 1. The number of aryl methyl sites for hydroxylation is 1. The van der Waals surface area contributed by atoms with Crippen molar-refractivity contribution in [3.05, 3.63) is 46.6 Å². The summed E-state index contributed by atoms with van der Waals surface area (Å²) in [5.74, 6) is 6.02. The molecule has 0 fully saturated rings. The third-order valence-electron chi connectivity index (χ3n) is 2.79. The third kappa shape index (κ3) is 3.62. The van der Waals surface area contributed by atoms with Gasteiger partial charge < -0.3 is 15.5 Å². The van der Waals surface area contributed by atoms with Crippen LogP contribution >= 0.6 is 11.6 Å². The minimum absolute atomic E-state index is 0.313. The lowest BCUT2D eigenvalue weighted by Gasteiger charge is -2.10. The van der Waals surface area contributed by atoms with Crippen LogP contribution in [0.25, 0.3) is 0 Å². The maximum atomic E-state index is 12.3. The Balaban J connectivity index is 2.27. The van der Waals surface area contributed by atoms with Crippen LogP contribution in [0.5, 0.6) is 5.75 Å². The predicted octanol–water partition coefficient (Wildman–Crippen LogP) is 2.59. The fourth-order valence-electron chi connectivity index (χ4n) is 1.80. The maximum Gasteiger partial charge on any atom is 0.255 e. The van der Waals surface area contributed by atoms with Crippen molar-refractivity contribution in [3.8, 4) is 5.75 Å². The molecule has 0 bridgehead atoms. The Bertz CT molecular complexity index is 676. The molecule has 110 valence electrons. The number of hydrogen-bond acceptors (Lipinski definition) is 5. The minimum Gasteiger partial charge on any atom is -0.497 e. The summed E-state index contributed by atoms with van der Waals surface area (Å²) < 4.78 is 5.11. The number of carbonyl (C=O) groups excluding carboxylic acids is 1. The molecule has 0 spiro atoms. The Labute approximate surface area is 127 Å². The SMILES string of the molecule is COc1ccc(Cl)c(NC(=O)c2cc(C)nc(NN)c2)c1. The van der Waals surface area contributed by atoms with E-state index in [0.29, 0.717) is 33.5 Å². The topological polar surface area (TPSA) is 89.3 Å². The average molecular weight is 307 g/mol. The number of aromatic nitrogens is 1. The molecule has 0 unspecified atom stereocenters. The first kappa shape index (κ1) is 15.1. The molecule has 0 aliphatic heterocycles. The van der Waals surface area contributed by atoms with Gasteiger partial charge >= 0.3 is 0 Å². The number of hydrogen-bond donors (Lipinski definition) is 3. The van der Waals surface area contributed by atoms with Crippen molar-refractivity contribution in [2.24, 2.45) is 5.84 Å². The highest BCUT2D eigenvalue weighted by Gasteiger charge is 2.11. The van der Waals surface area contributed by atoms with Crippen LogP contribution in [0.3, 0.4) is 0 Å². The summed E-state index contributed by atoms with van der Waals surface area (Å²) in [6.07, 6.45) is 0. The molecule has 2 rings (SSSR count). The molecule has 1 heterocycles. The van der Waals surface area contributed by atoms with Gasteiger partial charge in [-0.3, -0.25) is 4.79 Å². The number of ether oxygens (including phenoxy) is 1. The Morgan fingerprint density at radius 3 is 2.76 bits per heavy atom. The van der Waals surface area contributed by atoms with E-state index in [1.807, 2.05) is 0 Å². The molecule has 21 heavy (non-hydrogen) atoms. The van der Waals surface area contributed by atoms with Gasteiger partial charge in [-0.05, 0) is 31.2 Å². The molecule has 0 saturated heterocycles. The van der Waals surface area contributed by atoms with Gasteiger partial charge in [0.15, 0.2) is 0 Å². The fraction of sp³-hybridized carbons (Fsp3) is 0.143. The zero-order valence-corrected chi connectivity index (χ0v) is 12.4. The fourth-order valence-corrected chi connectivity index (χ4v) is 1.96. The second-order valence-electron chi connectivity index (χ2n) is 4.33. The van der Waals surface area contributed by atoms with Gasteiger partial charge in [0.1, 0.15) is 11.6 Å². The number of nitrogens with two attached hydrogens (primary N) is 1. The smallest absolute Gasteiger partial charge is 0.255 e. The molecule has 0 atom stereocenters. The van der Waals surface area contributed by atoms with Gasteiger partial charge in [-0.15, -0.1) is 0 Å². The van der Waals surface area contributed by atoms with Crippen molar-refractivity contribution in [1.29, 1.82) is 0 Å². The van der Waals surface area contributed by atoms with E-state index in [1.54, 1.807) is 44.4 Å². The quantitative estimate of drug-likeness (QED) is 0.597. The largest absolute Gasteiger partial charge is 0.497 e. The van der Waals surface area contributed by atoms with Gasteiger partial charge in [0, 0.05) is 17.3 Å². The van der Waals surface area contributed by atoms with Crippen molar-refractivity contribution in [2.45, 2.75) is 6.92 Å². The maximum absolute atomic E-state index is 12.3. The van der Waals surface area contributed by atoms with Crippen LogP contribution in [0.15, 0.2) is 30.3 Å². The number of pyridine rings is 1. The molecule has 1 amide bonds. The van der Waals surface area contributed by atoms with Crippen LogP contribution in [-0.2, 0) is 0 Å². The molecule has 4 N–H and O–H groups in total. The molecule has 1 aromatic heterocycles. The number of carbonyl (C=O) groups is 1. The van der Waals surface area contributed by atoms with Crippen LogP contribution < -0.4 is 21.3 Å². The number of nitrogen functional groups attached to an aromatic ring is 1. The number of halogens is 1. The van der Waals surface area contributed by atoms with Crippen LogP contribution in [-0.4, -0.2) is 18.0 Å². The van der Waals surface area contributed by atoms with Gasteiger partial charge in [-0.2, -0.15) is 0 Å². The normalized spacial score (nSPS) is 10.1. The van der Waals surface area contributed by atoms with E-state index >= 15 is 0 Å². The lowest BCUT2D eigenvalue weighted by molar-refractivity contribution is 0.102. The van der Waals surface area contributed by atoms with Crippen LogP contribution in [0.2, 0.25) is 5.02 Å². The standard InChI is InChI=1S/C14H15ClN4O2/c1-8-5-9(6-13(17-8)19-16)14(20)18-12-7-10(21-2)3-4-11(12)15/h3-7H,16H2,1-2H3,(H,17,19)(H,18,20). The van der Waals surface area contributed by atoms with Crippen molar-refractivity contribution in [2.75, 3.05) is 17.9 Å². The summed E-state index contributed by atoms with van der Waals surface area (Å²) in [5.41, 5.74) is 3.99. The highest BCUT2D eigenvalue weighted by Crippen LogP contribution is 2.27. The summed E-state index contributed by atoms with van der Waals surface area (Å²) in [4.78, 5) is 16.4. The van der Waals surface area contributed by atoms with Crippen molar-refractivity contribution in [3.63, 3.8) is 0 Å². The van der Waals surface area contributed by atoms with Crippen LogP contribution in [0, 0.1) is 6.92 Å². The highest BCUT2D eigenvalue weighted by atomic mass is 35.5. The van der Waals surface area contributed by atoms with Crippen LogP contribution in [0.4, 0.5) is 11.5 Å². The number of rotatable bonds is 4. The zero-order valence-electron chi connectivity index (χ0n) is 11.6. The first-order valence-electron chi connectivity index (χ1n) is 6.13. The summed E-state index contributed by atoms with van der Waals surface area (Å²) in [7, 11) is 1.54. The Kier molecular flexibility index (Phi) is 4.62. The van der Waals surface area contributed by atoms with Gasteiger partial charge in [0.05, 0.1) is 17.8 Å². The molecular formula is C14H15ClN4O2. The van der Waals surface area contributed by atoms with Gasteiger partial charge in [0.2, 0.25) is 0 Å². The molecule has 1 aromatic carbocycles. The Morgan fingerprint density at radius 2 is 2.10 bits per heavy atom. The molecule has 2 aromatic rings. The Hall–Kier alpha value is -2.31. The van der Waals surface area contributed by atoms with Crippen molar-refractivity contribution in [1.82, 2.24) is 4.98 Å². The van der Waals surface area contributed by atoms with Crippen LogP contribution in [0.1, 0.15) is 16.1 Å². The van der Waals surface area contributed by atoms with E-state index in [4.69, 9.17) is 22.2 Å². The van der Waals surface area contributed by atoms with E-state index in [9.17, 15) is 4.79 Å². The van der Waals surface area contributed by atoms with Crippen molar-refractivity contribution < 1.29 is 9.53 Å².